The summed E-state index contributed by atoms with van der Waals surface area (Å²) in [5, 5.41) is 0. The van der Waals surface area contributed by atoms with Gasteiger partial charge in [-0.15, -0.1) is 0 Å². The van der Waals surface area contributed by atoms with E-state index in [0.717, 1.165) is 12.8 Å². The van der Waals surface area contributed by atoms with Crippen LogP contribution >= 0.6 is 0 Å². The Bertz CT molecular complexity index is 797. The summed E-state index contributed by atoms with van der Waals surface area (Å²) in [6.07, 6.45) is 3.58. The van der Waals surface area contributed by atoms with Crippen LogP contribution in [-0.4, -0.2) is 42.1 Å². The molecule has 6 nitrogen and oxygen atoms in total. The van der Waals surface area contributed by atoms with E-state index in [1.165, 1.54) is 0 Å². The molecule has 0 aromatic rings. The quantitative estimate of drug-likeness (QED) is 0.416. The van der Waals surface area contributed by atoms with E-state index < -0.39 is 28.9 Å². The van der Waals surface area contributed by atoms with E-state index >= 15 is 0 Å². The van der Waals surface area contributed by atoms with E-state index in [4.69, 9.17) is 18.9 Å². The topological polar surface area (TPSA) is 74.4 Å². The zero-order valence-corrected chi connectivity index (χ0v) is 17.6. The molecule has 0 amide bonds. The van der Waals surface area contributed by atoms with E-state index in [2.05, 4.69) is 13.8 Å². The zero-order chi connectivity index (χ0) is 20.5. The number of hydrogen-bond donors (Lipinski definition) is 0. The Hall–Kier alpha value is -1.66. The molecule has 4 rings (SSSR count). The molecule has 0 radical (unpaired) electrons. The van der Waals surface area contributed by atoms with Crippen LogP contribution in [0.15, 0.2) is 22.8 Å². The Balaban J connectivity index is 1.89. The van der Waals surface area contributed by atoms with Gasteiger partial charge in [-0.25, -0.2) is 9.59 Å². The van der Waals surface area contributed by atoms with Crippen molar-refractivity contribution in [3.05, 3.63) is 22.8 Å². The molecule has 2 aliphatic heterocycles. The molecule has 3 fully saturated rings. The molecule has 6 heteroatoms. The zero-order valence-electron chi connectivity index (χ0n) is 17.6. The monoisotopic (exact) mass is 390 g/mol. The lowest BCUT2D eigenvalue weighted by atomic mass is 9.51. The van der Waals surface area contributed by atoms with E-state index in [-0.39, 0.29) is 18.0 Å². The fourth-order valence-electron chi connectivity index (χ4n) is 5.67. The first kappa shape index (κ1) is 19.6. The average molecular weight is 390 g/mol. The second kappa shape index (κ2) is 6.17. The van der Waals surface area contributed by atoms with Crippen LogP contribution in [-0.2, 0) is 28.5 Å². The minimum atomic E-state index is -1.21. The molecule has 0 bridgehead atoms. The molecule has 0 N–H and O–H groups in total. The van der Waals surface area contributed by atoms with Crippen LogP contribution in [0.25, 0.3) is 0 Å². The molecule has 2 heterocycles. The molecule has 2 aliphatic carbocycles. The van der Waals surface area contributed by atoms with Gasteiger partial charge in [0.05, 0.1) is 18.1 Å². The first-order chi connectivity index (χ1) is 13.2. The number of epoxide rings is 1. The van der Waals surface area contributed by atoms with Crippen LogP contribution in [0.1, 0.15) is 60.8 Å². The summed E-state index contributed by atoms with van der Waals surface area (Å²) >= 11 is 0. The fraction of sp³-hybridized carbons (Fsp3) is 0.727. The van der Waals surface area contributed by atoms with Gasteiger partial charge in [-0.1, -0.05) is 19.9 Å². The number of esters is 2. The molecular formula is C22H30O6. The maximum atomic E-state index is 12.8. The van der Waals surface area contributed by atoms with Crippen molar-refractivity contribution < 1.29 is 28.5 Å². The summed E-state index contributed by atoms with van der Waals surface area (Å²) in [4.78, 5) is 25.4. The van der Waals surface area contributed by atoms with Gasteiger partial charge in [0.2, 0.25) is 5.79 Å². The summed E-state index contributed by atoms with van der Waals surface area (Å²) in [6.45, 7) is 11.9. The van der Waals surface area contributed by atoms with Gasteiger partial charge >= 0.3 is 11.9 Å². The minimum Gasteiger partial charge on any atom is -0.453 e. The SMILES string of the molecule is C/C=C(/C)C(=O)O[C@@H]1C2=C(C)C(=O)O[C@]2(OCC)C[C@@]23O[C@@H]2CC[C@H](C)[C@@]13C. The average Bonchev–Trinajstić information content (AvgIpc) is 3.30. The number of fused-ring (bicyclic) bond motifs is 1. The Morgan fingerprint density at radius 1 is 1.36 bits per heavy atom. The van der Waals surface area contributed by atoms with Crippen LogP contribution in [0, 0.1) is 11.3 Å². The molecule has 4 aliphatic rings. The lowest BCUT2D eigenvalue weighted by Crippen LogP contribution is -2.65. The molecular weight excluding hydrogens is 360 g/mol. The summed E-state index contributed by atoms with van der Waals surface area (Å²) in [5.74, 6) is -1.75. The summed E-state index contributed by atoms with van der Waals surface area (Å²) in [5.41, 5.74) is 0.710. The molecule has 6 atom stereocenters. The van der Waals surface area contributed by atoms with Gasteiger partial charge in [-0.05, 0) is 46.5 Å². The third kappa shape index (κ3) is 2.28. The van der Waals surface area contributed by atoms with Crippen LogP contribution in [0.4, 0.5) is 0 Å². The van der Waals surface area contributed by atoms with Gasteiger partial charge in [0, 0.05) is 23.2 Å². The van der Waals surface area contributed by atoms with Crippen molar-refractivity contribution in [3.63, 3.8) is 0 Å². The molecule has 0 unspecified atom stereocenters. The van der Waals surface area contributed by atoms with E-state index in [0.29, 0.717) is 29.7 Å². The third-order valence-corrected chi connectivity index (χ3v) is 7.65. The number of carbonyl (C=O) groups is 2. The van der Waals surface area contributed by atoms with Gasteiger partial charge in [-0.3, -0.25) is 0 Å². The number of rotatable bonds is 4. The van der Waals surface area contributed by atoms with Crippen molar-refractivity contribution in [1.82, 2.24) is 0 Å². The molecule has 0 aromatic carbocycles. The van der Waals surface area contributed by atoms with Crippen molar-refractivity contribution in [2.75, 3.05) is 6.61 Å². The third-order valence-electron chi connectivity index (χ3n) is 7.65. The molecule has 28 heavy (non-hydrogen) atoms. The molecule has 0 aromatic heterocycles. The molecule has 1 saturated heterocycles. The maximum Gasteiger partial charge on any atom is 0.336 e. The van der Waals surface area contributed by atoms with Gasteiger partial charge in [-0.2, -0.15) is 0 Å². The highest BCUT2D eigenvalue weighted by atomic mass is 16.7. The van der Waals surface area contributed by atoms with Crippen molar-refractivity contribution >= 4 is 11.9 Å². The lowest BCUT2D eigenvalue weighted by Gasteiger charge is -2.55. The lowest BCUT2D eigenvalue weighted by molar-refractivity contribution is -0.244. The molecule has 2 saturated carbocycles. The van der Waals surface area contributed by atoms with Crippen LogP contribution in [0.5, 0.6) is 0 Å². The van der Waals surface area contributed by atoms with Gasteiger partial charge in [0.25, 0.3) is 0 Å². The van der Waals surface area contributed by atoms with Gasteiger partial charge < -0.3 is 18.9 Å². The first-order valence-corrected chi connectivity index (χ1v) is 10.3. The Labute approximate surface area is 166 Å². The number of allylic oxidation sites excluding steroid dienone is 1. The number of ether oxygens (including phenoxy) is 4. The largest absolute Gasteiger partial charge is 0.453 e. The van der Waals surface area contributed by atoms with Crippen molar-refractivity contribution in [2.24, 2.45) is 11.3 Å². The van der Waals surface area contributed by atoms with Crippen LogP contribution in [0.3, 0.4) is 0 Å². The Morgan fingerprint density at radius 3 is 2.71 bits per heavy atom. The smallest absolute Gasteiger partial charge is 0.336 e. The highest BCUT2D eigenvalue weighted by molar-refractivity contribution is 5.93. The maximum absolute atomic E-state index is 12.8. The summed E-state index contributed by atoms with van der Waals surface area (Å²) < 4.78 is 24.3. The van der Waals surface area contributed by atoms with Crippen molar-refractivity contribution in [2.45, 2.75) is 84.4 Å². The number of hydrogen-bond acceptors (Lipinski definition) is 6. The fourth-order valence-corrected chi connectivity index (χ4v) is 5.67. The normalized spacial score (nSPS) is 44.4. The molecule has 1 spiro atoms. The number of carbonyl (C=O) groups excluding carboxylic acids is 2. The highest BCUT2D eigenvalue weighted by Gasteiger charge is 2.81. The second-order valence-corrected chi connectivity index (χ2v) is 8.81. The van der Waals surface area contributed by atoms with Gasteiger partial charge in [0.1, 0.15) is 11.7 Å². The summed E-state index contributed by atoms with van der Waals surface area (Å²) in [7, 11) is 0. The van der Waals surface area contributed by atoms with Crippen LogP contribution < -0.4 is 0 Å². The Kier molecular flexibility index (Phi) is 4.33. The van der Waals surface area contributed by atoms with E-state index in [1.54, 1.807) is 26.8 Å². The standard InChI is InChI=1S/C22H30O6/c1-7-12(3)18(23)26-17-16-14(5)19(24)28-22(16,25-8-2)11-21-15(27-21)10-9-13(4)20(17,21)6/h7,13,15,17H,8-11H2,1-6H3/b12-7-/t13-,15+,17+,20-,21+,22+/m0/s1. The van der Waals surface area contributed by atoms with Crippen molar-refractivity contribution in [3.8, 4) is 0 Å². The predicted octanol–water partition coefficient (Wildman–Crippen LogP) is 3.45. The Morgan fingerprint density at radius 2 is 2.07 bits per heavy atom. The highest BCUT2D eigenvalue weighted by Crippen LogP contribution is 2.71. The summed E-state index contributed by atoms with van der Waals surface area (Å²) in [6, 6.07) is 0. The minimum absolute atomic E-state index is 0.0798. The van der Waals surface area contributed by atoms with Crippen LogP contribution in [0.2, 0.25) is 0 Å². The molecule has 154 valence electrons. The second-order valence-electron chi connectivity index (χ2n) is 8.81. The predicted molar refractivity (Wildman–Crippen MR) is 101 cm³/mol. The first-order valence-electron chi connectivity index (χ1n) is 10.3. The van der Waals surface area contributed by atoms with E-state index in [9.17, 15) is 9.59 Å². The van der Waals surface area contributed by atoms with Crippen molar-refractivity contribution in [1.29, 1.82) is 0 Å². The van der Waals surface area contributed by atoms with E-state index in [1.807, 2.05) is 6.92 Å². The van der Waals surface area contributed by atoms with Gasteiger partial charge in [0.15, 0.2) is 0 Å².